The van der Waals surface area contributed by atoms with Crippen molar-refractivity contribution in [3.63, 3.8) is 0 Å². The van der Waals surface area contributed by atoms with Crippen LogP contribution >= 0.6 is 0 Å². The largest absolute Gasteiger partial charge is 0.359 e. The van der Waals surface area contributed by atoms with E-state index < -0.39 is 0 Å². The normalized spacial score (nSPS) is 11.8. The van der Waals surface area contributed by atoms with Crippen molar-refractivity contribution >= 4 is 5.96 Å². The molecule has 0 unspecified atom stereocenters. The highest BCUT2D eigenvalue weighted by Gasteiger charge is 2.10. The highest BCUT2D eigenvalue weighted by molar-refractivity contribution is 5.79. The maximum Gasteiger partial charge on any atom is 0.194 e. The highest BCUT2D eigenvalue weighted by Crippen LogP contribution is 2.14. The lowest BCUT2D eigenvalue weighted by Crippen LogP contribution is -2.38. The van der Waals surface area contributed by atoms with Gasteiger partial charge in [-0.15, -0.1) is 0 Å². The van der Waals surface area contributed by atoms with Crippen LogP contribution in [0.15, 0.2) is 39.8 Å². The smallest absolute Gasteiger partial charge is 0.194 e. The summed E-state index contributed by atoms with van der Waals surface area (Å²) in [6, 6.07) is 8.52. The second-order valence-corrected chi connectivity index (χ2v) is 6.03. The summed E-state index contributed by atoms with van der Waals surface area (Å²) in [5, 5.41) is 7.28. The first kappa shape index (κ1) is 18.0. The molecule has 2 aromatic rings. The van der Waals surface area contributed by atoms with Crippen LogP contribution in [0.2, 0.25) is 0 Å². The Morgan fingerprint density at radius 1 is 1.38 bits per heavy atom. The summed E-state index contributed by atoms with van der Waals surface area (Å²) >= 11 is 0. The third kappa shape index (κ3) is 5.08. The van der Waals surface area contributed by atoms with Crippen molar-refractivity contribution in [1.29, 1.82) is 0 Å². The Morgan fingerprint density at radius 3 is 2.79 bits per heavy atom. The number of aliphatic imine (C=N–C) groups is 1. The van der Waals surface area contributed by atoms with E-state index in [1.54, 1.807) is 6.07 Å². The molecule has 0 aliphatic rings. The van der Waals surface area contributed by atoms with Gasteiger partial charge in [0, 0.05) is 26.2 Å². The van der Waals surface area contributed by atoms with E-state index >= 15 is 0 Å². The van der Waals surface area contributed by atoms with Crippen LogP contribution in [0.3, 0.4) is 0 Å². The van der Waals surface area contributed by atoms with Crippen LogP contribution in [0.25, 0.3) is 0 Å². The topological polar surface area (TPSA) is 53.7 Å². The van der Waals surface area contributed by atoms with Crippen LogP contribution in [0.5, 0.6) is 0 Å². The van der Waals surface area contributed by atoms with Gasteiger partial charge in [-0.1, -0.05) is 31.1 Å². The number of hydrogen-bond acceptors (Lipinski definition) is 3. The van der Waals surface area contributed by atoms with E-state index in [-0.39, 0.29) is 5.82 Å². The molecule has 6 heteroatoms. The van der Waals surface area contributed by atoms with Gasteiger partial charge in [0.05, 0.1) is 5.69 Å². The van der Waals surface area contributed by atoms with Crippen LogP contribution in [0.4, 0.5) is 4.39 Å². The molecule has 1 heterocycles. The zero-order valence-corrected chi connectivity index (χ0v) is 14.7. The van der Waals surface area contributed by atoms with E-state index in [1.165, 1.54) is 12.1 Å². The van der Waals surface area contributed by atoms with Crippen molar-refractivity contribution < 1.29 is 8.91 Å². The molecule has 130 valence electrons. The Bertz CT molecular complexity index is 681. The molecule has 0 saturated carbocycles. The minimum atomic E-state index is -0.231. The standard InChI is InChI=1S/C18H25FN4O/c1-5-20-18(21-11-16-10-17(13(2)3)22-24-16)23(4)12-14-7-6-8-15(19)9-14/h6-10,13H,5,11-12H2,1-4H3,(H,20,21). The molecule has 0 aliphatic carbocycles. The number of nitrogens with zero attached hydrogens (tertiary/aromatic N) is 3. The van der Waals surface area contributed by atoms with Crippen LogP contribution in [-0.4, -0.2) is 29.6 Å². The molecule has 0 saturated heterocycles. The van der Waals surface area contributed by atoms with Gasteiger partial charge in [-0.3, -0.25) is 0 Å². The number of halogens is 1. The lowest BCUT2D eigenvalue weighted by atomic mass is 10.1. The lowest BCUT2D eigenvalue weighted by molar-refractivity contribution is 0.375. The first-order valence-corrected chi connectivity index (χ1v) is 8.19. The number of guanidine groups is 1. The number of benzene rings is 1. The van der Waals surface area contributed by atoms with Crippen LogP contribution < -0.4 is 5.32 Å². The molecule has 1 aromatic carbocycles. The van der Waals surface area contributed by atoms with Gasteiger partial charge in [0.15, 0.2) is 11.7 Å². The lowest BCUT2D eigenvalue weighted by Gasteiger charge is -2.22. The van der Waals surface area contributed by atoms with Crippen LogP contribution in [-0.2, 0) is 13.1 Å². The Labute approximate surface area is 142 Å². The van der Waals surface area contributed by atoms with Crippen molar-refractivity contribution in [2.75, 3.05) is 13.6 Å². The number of rotatable bonds is 6. The fourth-order valence-corrected chi connectivity index (χ4v) is 2.28. The van der Waals surface area contributed by atoms with E-state index in [1.807, 2.05) is 31.0 Å². The van der Waals surface area contributed by atoms with Crippen molar-refractivity contribution in [1.82, 2.24) is 15.4 Å². The Balaban J connectivity index is 2.05. The minimum Gasteiger partial charge on any atom is -0.359 e. The minimum absolute atomic E-state index is 0.231. The van der Waals surface area contributed by atoms with Gasteiger partial charge >= 0.3 is 0 Å². The molecular formula is C18H25FN4O. The molecule has 0 fully saturated rings. The second-order valence-electron chi connectivity index (χ2n) is 6.03. The van der Waals surface area contributed by atoms with Gasteiger partial charge in [-0.05, 0) is 30.5 Å². The molecule has 1 aromatic heterocycles. The Morgan fingerprint density at radius 2 is 2.17 bits per heavy atom. The maximum atomic E-state index is 13.3. The summed E-state index contributed by atoms with van der Waals surface area (Å²) < 4.78 is 18.6. The summed E-state index contributed by atoms with van der Waals surface area (Å²) in [7, 11) is 1.92. The molecule has 5 nitrogen and oxygen atoms in total. The van der Waals surface area contributed by atoms with Crippen molar-refractivity contribution in [2.45, 2.75) is 39.8 Å². The van der Waals surface area contributed by atoms with E-state index in [0.29, 0.717) is 19.0 Å². The molecule has 24 heavy (non-hydrogen) atoms. The van der Waals surface area contributed by atoms with Gasteiger partial charge in [0.1, 0.15) is 12.4 Å². The second kappa shape index (κ2) is 8.47. The SMILES string of the molecule is CCNC(=NCc1cc(C(C)C)no1)N(C)Cc1cccc(F)c1. The molecule has 1 N–H and O–H groups in total. The zero-order valence-electron chi connectivity index (χ0n) is 14.7. The fraction of sp³-hybridized carbons (Fsp3) is 0.444. The van der Waals surface area contributed by atoms with Gasteiger partial charge in [-0.25, -0.2) is 9.38 Å². The van der Waals surface area contributed by atoms with Gasteiger partial charge in [-0.2, -0.15) is 0 Å². The third-order valence-corrected chi connectivity index (χ3v) is 3.56. The number of aromatic nitrogens is 1. The highest BCUT2D eigenvalue weighted by atomic mass is 19.1. The molecule has 0 amide bonds. The molecule has 0 aliphatic heterocycles. The summed E-state index contributed by atoms with van der Waals surface area (Å²) in [6.45, 7) is 7.88. The monoisotopic (exact) mass is 332 g/mol. The van der Waals surface area contributed by atoms with Crippen molar-refractivity contribution in [2.24, 2.45) is 4.99 Å². The number of hydrogen-bond donors (Lipinski definition) is 1. The predicted molar refractivity (Wildman–Crippen MR) is 93.3 cm³/mol. The Hall–Kier alpha value is -2.37. The molecule has 0 bridgehead atoms. The van der Waals surface area contributed by atoms with Crippen LogP contribution in [0, 0.1) is 5.82 Å². The van der Waals surface area contributed by atoms with Crippen molar-refractivity contribution in [3.05, 3.63) is 53.2 Å². The molecule has 0 atom stereocenters. The first-order chi connectivity index (χ1) is 11.5. The Kier molecular flexibility index (Phi) is 6.35. The quantitative estimate of drug-likeness (QED) is 0.649. The zero-order chi connectivity index (χ0) is 17.5. The third-order valence-electron chi connectivity index (χ3n) is 3.56. The molecular weight excluding hydrogens is 307 g/mol. The summed E-state index contributed by atoms with van der Waals surface area (Å²) in [5.41, 5.74) is 1.82. The summed E-state index contributed by atoms with van der Waals surface area (Å²) in [6.07, 6.45) is 0. The summed E-state index contributed by atoms with van der Waals surface area (Å²) in [4.78, 5) is 6.54. The van der Waals surface area contributed by atoms with E-state index in [9.17, 15) is 4.39 Å². The number of nitrogens with one attached hydrogen (secondary N) is 1. The maximum absolute atomic E-state index is 13.3. The van der Waals surface area contributed by atoms with E-state index in [2.05, 4.69) is 29.3 Å². The van der Waals surface area contributed by atoms with Gasteiger partial charge < -0.3 is 14.7 Å². The predicted octanol–water partition coefficient (Wildman–Crippen LogP) is 3.53. The van der Waals surface area contributed by atoms with Crippen LogP contribution in [0.1, 0.15) is 43.7 Å². The van der Waals surface area contributed by atoms with E-state index in [4.69, 9.17) is 4.52 Å². The molecule has 2 rings (SSSR count). The van der Waals surface area contributed by atoms with E-state index in [0.717, 1.165) is 29.5 Å². The fourth-order valence-electron chi connectivity index (χ4n) is 2.28. The molecule has 0 radical (unpaired) electrons. The average Bonchev–Trinajstić information content (AvgIpc) is 3.00. The van der Waals surface area contributed by atoms with Gasteiger partial charge in [0.25, 0.3) is 0 Å². The van der Waals surface area contributed by atoms with Crippen molar-refractivity contribution in [3.8, 4) is 0 Å². The molecule has 0 spiro atoms. The van der Waals surface area contributed by atoms with Gasteiger partial charge in [0.2, 0.25) is 0 Å². The first-order valence-electron chi connectivity index (χ1n) is 8.19. The summed E-state index contributed by atoms with van der Waals surface area (Å²) in [5.74, 6) is 1.57. The average molecular weight is 332 g/mol.